The molecule has 0 saturated heterocycles. The van der Waals surface area contributed by atoms with Crippen molar-refractivity contribution < 1.29 is 19.1 Å². The highest BCUT2D eigenvalue weighted by atomic mass is 79.9. The van der Waals surface area contributed by atoms with Crippen molar-refractivity contribution >= 4 is 43.7 Å². The molecule has 0 bridgehead atoms. The molecule has 0 spiro atoms. The number of hydrogen-bond donors (Lipinski definition) is 2. The average molecular weight is 576 g/mol. The van der Waals surface area contributed by atoms with E-state index >= 15 is 0 Å². The molecule has 6 nitrogen and oxygen atoms in total. The molecule has 0 atom stereocenters. The normalized spacial score (nSPS) is 10.4. The molecule has 0 aliphatic heterocycles. The number of aryl methyl sites for hydroxylation is 1. The third-order valence-electron chi connectivity index (χ3n) is 4.76. The second kappa shape index (κ2) is 12.4. The van der Waals surface area contributed by atoms with Crippen LogP contribution in [0.1, 0.15) is 28.4 Å². The van der Waals surface area contributed by atoms with E-state index in [4.69, 9.17) is 9.47 Å². The molecule has 2 amide bonds. The van der Waals surface area contributed by atoms with Crippen LogP contribution in [0.25, 0.3) is 0 Å². The minimum absolute atomic E-state index is 0.234. The Bertz CT molecular complexity index is 1110. The van der Waals surface area contributed by atoms with E-state index in [9.17, 15) is 9.59 Å². The van der Waals surface area contributed by atoms with Gasteiger partial charge in [-0.1, -0.05) is 43.3 Å². The van der Waals surface area contributed by atoms with Crippen LogP contribution in [0.2, 0.25) is 0 Å². The topological polar surface area (TPSA) is 76.7 Å². The summed E-state index contributed by atoms with van der Waals surface area (Å²) in [4.78, 5) is 24.4. The first-order valence-electron chi connectivity index (χ1n) is 10.4. The molecular weight excluding hydrogens is 552 g/mol. The van der Waals surface area contributed by atoms with E-state index in [1.165, 1.54) is 5.56 Å². The van der Waals surface area contributed by atoms with Crippen LogP contribution in [0.5, 0.6) is 11.5 Å². The van der Waals surface area contributed by atoms with Crippen molar-refractivity contribution in [3.05, 3.63) is 92.4 Å². The quantitative estimate of drug-likeness (QED) is 0.342. The summed E-state index contributed by atoms with van der Waals surface area (Å²) in [6, 6.07) is 20.7. The molecule has 0 aliphatic rings. The molecule has 33 heavy (non-hydrogen) atoms. The van der Waals surface area contributed by atoms with Crippen molar-refractivity contribution in [1.29, 1.82) is 0 Å². The fourth-order valence-corrected chi connectivity index (χ4v) is 3.98. The van der Waals surface area contributed by atoms with E-state index in [1.54, 1.807) is 24.3 Å². The van der Waals surface area contributed by atoms with E-state index in [0.29, 0.717) is 28.1 Å². The molecule has 0 aromatic heterocycles. The van der Waals surface area contributed by atoms with Gasteiger partial charge in [-0.15, -0.1) is 0 Å². The van der Waals surface area contributed by atoms with Crippen LogP contribution in [-0.2, 0) is 17.6 Å². The molecule has 3 aromatic rings. The van der Waals surface area contributed by atoms with Gasteiger partial charge in [-0.3, -0.25) is 20.4 Å². The lowest BCUT2D eigenvalue weighted by atomic mass is 10.2. The van der Waals surface area contributed by atoms with E-state index in [-0.39, 0.29) is 6.61 Å². The standard InChI is InChI=1S/C25H24Br2N2O4/c1-2-17-8-10-23(20(26)14-17)33-16-24(30)28-29-25(31)19-9-11-22(21(27)15-19)32-13-12-18-6-4-3-5-7-18/h3-11,14-15H,2,12-13,16H2,1H3,(H,28,30)(H,29,31). The van der Waals surface area contributed by atoms with E-state index in [1.807, 2.05) is 42.5 Å². The van der Waals surface area contributed by atoms with Gasteiger partial charge in [0, 0.05) is 12.0 Å². The van der Waals surface area contributed by atoms with Crippen LogP contribution in [0.4, 0.5) is 0 Å². The Labute approximate surface area is 209 Å². The SMILES string of the molecule is CCc1ccc(OCC(=O)NNC(=O)c2ccc(OCCc3ccccc3)c(Br)c2)c(Br)c1. The Balaban J connectivity index is 1.44. The summed E-state index contributed by atoms with van der Waals surface area (Å²) in [6.45, 7) is 2.34. The first-order chi connectivity index (χ1) is 16.0. The van der Waals surface area contributed by atoms with Gasteiger partial charge in [0.2, 0.25) is 0 Å². The third kappa shape index (κ3) is 7.61. The number of rotatable bonds is 9. The molecule has 0 unspecified atom stereocenters. The Morgan fingerprint density at radius 1 is 0.818 bits per heavy atom. The van der Waals surface area contributed by atoms with Gasteiger partial charge < -0.3 is 9.47 Å². The van der Waals surface area contributed by atoms with Gasteiger partial charge in [0.05, 0.1) is 15.6 Å². The number of benzene rings is 3. The highest BCUT2D eigenvalue weighted by Gasteiger charge is 2.12. The number of halogens is 2. The van der Waals surface area contributed by atoms with Crippen molar-refractivity contribution in [3.63, 3.8) is 0 Å². The van der Waals surface area contributed by atoms with Crippen molar-refractivity contribution in [1.82, 2.24) is 10.9 Å². The molecule has 0 aliphatic carbocycles. The third-order valence-corrected chi connectivity index (χ3v) is 6.00. The van der Waals surface area contributed by atoms with Crippen LogP contribution >= 0.6 is 31.9 Å². The summed E-state index contributed by atoms with van der Waals surface area (Å²) in [6.07, 6.45) is 1.69. The minimum atomic E-state index is -0.477. The Kier molecular flexibility index (Phi) is 9.33. The second-order valence-corrected chi connectivity index (χ2v) is 8.85. The summed E-state index contributed by atoms with van der Waals surface area (Å²) < 4.78 is 12.7. The van der Waals surface area contributed by atoms with Gasteiger partial charge in [0.15, 0.2) is 6.61 Å². The first kappa shape index (κ1) is 24.8. The van der Waals surface area contributed by atoms with Gasteiger partial charge in [-0.05, 0) is 79.7 Å². The van der Waals surface area contributed by atoms with Crippen LogP contribution in [0.15, 0.2) is 75.7 Å². The van der Waals surface area contributed by atoms with E-state index < -0.39 is 11.8 Å². The summed E-state index contributed by atoms with van der Waals surface area (Å²) in [5.41, 5.74) is 7.46. The predicted molar refractivity (Wildman–Crippen MR) is 134 cm³/mol. The van der Waals surface area contributed by atoms with Crippen LogP contribution in [0.3, 0.4) is 0 Å². The Morgan fingerprint density at radius 2 is 1.52 bits per heavy atom. The van der Waals surface area contributed by atoms with Gasteiger partial charge in [0.1, 0.15) is 11.5 Å². The fourth-order valence-electron chi connectivity index (χ4n) is 2.94. The lowest BCUT2D eigenvalue weighted by Crippen LogP contribution is -2.43. The molecular formula is C25H24Br2N2O4. The monoisotopic (exact) mass is 574 g/mol. The zero-order valence-corrected chi connectivity index (χ0v) is 21.2. The number of hydrazine groups is 1. The fraction of sp³-hybridized carbons (Fsp3) is 0.200. The lowest BCUT2D eigenvalue weighted by Gasteiger charge is -2.12. The molecule has 0 saturated carbocycles. The first-order valence-corrected chi connectivity index (χ1v) is 12.0. The molecule has 172 valence electrons. The smallest absolute Gasteiger partial charge is 0.276 e. The molecule has 2 N–H and O–H groups in total. The molecule has 0 fully saturated rings. The number of carbonyl (C=O) groups is 2. The number of carbonyl (C=O) groups excluding carboxylic acids is 2. The maximum absolute atomic E-state index is 12.4. The Hall–Kier alpha value is -2.84. The van der Waals surface area contributed by atoms with E-state index in [0.717, 1.165) is 22.9 Å². The number of nitrogens with one attached hydrogen (secondary N) is 2. The van der Waals surface area contributed by atoms with Crippen molar-refractivity contribution in [3.8, 4) is 11.5 Å². The van der Waals surface area contributed by atoms with E-state index in [2.05, 4.69) is 49.6 Å². The van der Waals surface area contributed by atoms with Crippen LogP contribution in [0, 0.1) is 0 Å². The highest BCUT2D eigenvalue weighted by Crippen LogP contribution is 2.27. The summed E-state index contributed by atoms with van der Waals surface area (Å²) in [7, 11) is 0. The summed E-state index contributed by atoms with van der Waals surface area (Å²) in [5, 5.41) is 0. The van der Waals surface area contributed by atoms with Crippen LogP contribution < -0.4 is 20.3 Å². The number of amides is 2. The number of hydrogen-bond acceptors (Lipinski definition) is 4. The van der Waals surface area contributed by atoms with Gasteiger partial charge >= 0.3 is 0 Å². The highest BCUT2D eigenvalue weighted by molar-refractivity contribution is 9.10. The zero-order chi connectivity index (χ0) is 23.6. The van der Waals surface area contributed by atoms with Gasteiger partial charge in [-0.25, -0.2) is 0 Å². The summed E-state index contributed by atoms with van der Waals surface area (Å²) in [5.74, 6) is 0.267. The van der Waals surface area contributed by atoms with Crippen molar-refractivity contribution in [2.75, 3.05) is 13.2 Å². The summed E-state index contributed by atoms with van der Waals surface area (Å²) >= 11 is 6.86. The van der Waals surface area contributed by atoms with Gasteiger partial charge in [0.25, 0.3) is 11.8 Å². The average Bonchev–Trinajstić information content (AvgIpc) is 2.83. The number of ether oxygens (including phenoxy) is 2. The predicted octanol–water partition coefficient (Wildman–Crippen LogP) is 5.24. The minimum Gasteiger partial charge on any atom is -0.492 e. The molecule has 0 radical (unpaired) electrons. The maximum Gasteiger partial charge on any atom is 0.276 e. The molecule has 8 heteroatoms. The lowest BCUT2D eigenvalue weighted by molar-refractivity contribution is -0.123. The molecule has 0 heterocycles. The van der Waals surface area contributed by atoms with Crippen LogP contribution in [-0.4, -0.2) is 25.0 Å². The van der Waals surface area contributed by atoms with Gasteiger partial charge in [-0.2, -0.15) is 0 Å². The largest absolute Gasteiger partial charge is 0.492 e. The maximum atomic E-state index is 12.4. The molecule has 3 rings (SSSR count). The second-order valence-electron chi connectivity index (χ2n) is 7.14. The van der Waals surface area contributed by atoms with Crippen molar-refractivity contribution in [2.45, 2.75) is 19.8 Å². The van der Waals surface area contributed by atoms with Crippen molar-refractivity contribution in [2.24, 2.45) is 0 Å². The molecule has 3 aromatic carbocycles. The zero-order valence-electron chi connectivity index (χ0n) is 18.1. The Morgan fingerprint density at radius 3 is 2.21 bits per heavy atom.